The number of unbranched alkanes of at least 4 members (excludes halogenated alkanes) is 1. The fraction of sp³-hybridized carbons (Fsp3) is 0.917. The first-order chi connectivity index (χ1) is 7.72. The summed E-state index contributed by atoms with van der Waals surface area (Å²) in [5, 5.41) is 14.9. The Hall–Kier alpha value is -0.770. The molecule has 0 aromatic heterocycles. The molecular weight excluding hydrogens is 202 g/mol. The van der Waals surface area contributed by atoms with Crippen molar-refractivity contribution in [2.75, 3.05) is 6.54 Å². The van der Waals surface area contributed by atoms with E-state index < -0.39 is 0 Å². The fourth-order valence-electron chi connectivity index (χ4n) is 2.41. The van der Waals surface area contributed by atoms with Crippen molar-refractivity contribution < 1.29 is 5.21 Å². The molecule has 16 heavy (non-hydrogen) atoms. The molecule has 2 atom stereocenters. The van der Waals surface area contributed by atoms with Crippen LogP contribution < -0.4 is 11.1 Å². The Morgan fingerprint density at radius 1 is 1.44 bits per heavy atom. The number of nitrogens with two attached hydrogens (primary N) is 1. The van der Waals surface area contributed by atoms with Crippen molar-refractivity contribution in [1.29, 1.82) is 0 Å². The van der Waals surface area contributed by atoms with Gasteiger partial charge in [0.2, 0.25) is 0 Å². The summed E-state index contributed by atoms with van der Waals surface area (Å²) in [6, 6.07) is 0.715. The topological polar surface area (TPSA) is 70.6 Å². The van der Waals surface area contributed by atoms with Crippen molar-refractivity contribution in [2.45, 2.75) is 57.9 Å². The highest BCUT2D eigenvalue weighted by Gasteiger charge is 2.17. The molecule has 2 unspecified atom stereocenters. The normalized spacial score (nSPS) is 26.9. The summed E-state index contributed by atoms with van der Waals surface area (Å²) in [5.74, 6) is 1.22. The van der Waals surface area contributed by atoms with Crippen molar-refractivity contribution in [2.24, 2.45) is 16.8 Å². The van der Waals surface area contributed by atoms with Gasteiger partial charge in [-0.15, -0.1) is 0 Å². The molecule has 4 N–H and O–H groups in total. The van der Waals surface area contributed by atoms with Crippen LogP contribution in [0, 0.1) is 5.92 Å². The summed E-state index contributed by atoms with van der Waals surface area (Å²) < 4.78 is 0. The third kappa shape index (κ3) is 5.35. The number of hydrogen-bond acceptors (Lipinski definition) is 3. The molecule has 0 amide bonds. The second-order valence-electron chi connectivity index (χ2n) is 4.97. The van der Waals surface area contributed by atoms with Crippen LogP contribution in [-0.4, -0.2) is 23.6 Å². The van der Waals surface area contributed by atoms with Crippen molar-refractivity contribution in [3.8, 4) is 0 Å². The first kappa shape index (κ1) is 13.3. The minimum Gasteiger partial charge on any atom is -0.409 e. The second kappa shape index (κ2) is 7.49. The molecule has 0 radical (unpaired) electrons. The smallest absolute Gasteiger partial charge is 0.139 e. The van der Waals surface area contributed by atoms with Gasteiger partial charge in [0.25, 0.3) is 0 Å². The van der Waals surface area contributed by atoms with Crippen molar-refractivity contribution in [3.63, 3.8) is 0 Å². The Bertz CT molecular complexity index is 218. The molecule has 1 aliphatic carbocycles. The zero-order chi connectivity index (χ0) is 11.8. The van der Waals surface area contributed by atoms with E-state index in [-0.39, 0.29) is 0 Å². The maximum Gasteiger partial charge on any atom is 0.139 e. The van der Waals surface area contributed by atoms with E-state index in [1.165, 1.54) is 25.7 Å². The van der Waals surface area contributed by atoms with E-state index in [0.717, 1.165) is 25.3 Å². The Labute approximate surface area is 98.3 Å². The lowest BCUT2D eigenvalue weighted by molar-refractivity contribution is 0.300. The predicted octanol–water partition coefficient (Wildman–Crippen LogP) is 2.07. The summed E-state index contributed by atoms with van der Waals surface area (Å²) in [4.78, 5) is 0. The third-order valence-corrected chi connectivity index (χ3v) is 3.36. The van der Waals surface area contributed by atoms with Gasteiger partial charge in [0, 0.05) is 12.5 Å². The highest BCUT2D eigenvalue weighted by atomic mass is 16.4. The lowest BCUT2D eigenvalue weighted by atomic mass is 9.87. The van der Waals surface area contributed by atoms with Crippen LogP contribution in [0.3, 0.4) is 0 Å². The fourth-order valence-corrected chi connectivity index (χ4v) is 2.41. The van der Waals surface area contributed by atoms with E-state index in [9.17, 15) is 0 Å². The van der Waals surface area contributed by atoms with Crippen LogP contribution >= 0.6 is 0 Å². The minimum atomic E-state index is 0.339. The highest BCUT2D eigenvalue weighted by Crippen LogP contribution is 2.23. The number of rotatable bonds is 6. The molecule has 0 aliphatic heterocycles. The van der Waals surface area contributed by atoms with Crippen LogP contribution in [-0.2, 0) is 0 Å². The Morgan fingerprint density at radius 3 is 2.94 bits per heavy atom. The molecule has 1 fully saturated rings. The van der Waals surface area contributed by atoms with E-state index in [1.807, 2.05) is 0 Å². The van der Waals surface area contributed by atoms with Gasteiger partial charge in [0.15, 0.2) is 0 Å². The molecule has 4 nitrogen and oxygen atoms in total. The number of nitrogens with zero attached hydrogens (tertiary/aromatic N) is 1. The van der Waals surface area contributed by atoms with Gasteiger partial charge in [-0.3, -0.25) is 0 Å². The van der Waals surface area contributed by atoms with Crippen LogP contribution in [0.2, 0.25) is 0 Å². The Kier molecular flexibility index (Phi) is 6.23. The average molecular weight is 227 g/mol. The first-order valence-electron chi connectivity index (χ1n) is 6.42. The lowest BCUT2D eigenvalue weighted by Crippen LogP contribution is -2.34. The minimum absolute atomic E-state index is 0.339. The van der Waals surface area contributed by atoms with Gasteiger partial charge in [-0.05, 0) is 38.1 Å². The van der Waals surface area contributed by atoms with Gasteiger partial charge >= 0.3 is 0 Å². The van der Waals surface area contributed by atoms with Crippen LogP contribution in [0.15, 0.2) is 5.16 Å². The molecule has 1 aliphatic rings. The average Bonchev–Trinajstić information content (AvgIpc) is 2.28. The predicted molar refractivity (Wildman–Crippen MR) is 66.7 cm³/mol. The van der Waals surface area contributed by atoms with Crippen molar-refractivity contribution >= 4 is 5.84 Å². The van der Waals surface area contributed by atoms with E-state index >= 15 is 0 Å². The largest absolute Gasteiger partial charge is 0.409 e. The molecular formula is C12H25N3O. The van der Waals surface area contributed by atoms with Gasteiger partial charge in [0.1, 0.15) is 5.84 Å². The van der Waals surface area contributed by atoms with Gasteiger partial charge < -0.3 is 16.3 Å². The Balaban J connectivity index is 1.98. The Morgan fingerprint density at radius 2 is 2.25 bits per heavy atom. The van der Waals surface area contributed by atoms with Crippen molar-refractivity contribution in [1.82, 2.24) is 5.32 Å². The van der Waals surface area contributed by atoms with Gasteiger partial charge in [-0.25, -0.2) is 0 Å². The van der Waals surface area contributed by atoms with Crippen LogP contribution in [0.5, 0.6) is 0 Å². The molecule has 4 heteroatoms. The first-order valence-corrected chi connectivity index (χ1v) is 6.42. The quantitative estimate of drug-likeness (QED) is 0.214. The summed E-state index contributed by atoms with van der Waals surface area (Å²) in [6.45, 7) is 3.39. The molecule has 0 heterocycles. The number of oxime groups is 1. The molecule has 0 bridgehead atoms. The molecule has 0 aromatic rings. The lowest BCUT2D eigenvalue weighted by Gasteiger charge is -2.27. The van der Waals surface area contributed by atoms with Gasteiger partial charge in [0.05, 0.1) is 0 Å². The molecule has 0 spiro atoms. The molecule has 0 saturated heterocycles. The van der Waals surface area contributed by atoms with Gasteiger partial charge in [-0.1, -0.05) is 24.9 Å². The molecule has 0 aromatic carbocycles. The molecule has 1 rings (SSSR count). The summed E-state index contributed by atoms with van der Waals surface area (Å²) in [7, 11) is 0. The highest BCUT2D eigenvalue weighted by molar-refractivity contribution is 5.79. The summed E-state index contributed by atoms with van der Waals surface area (Å²) in [5.41, 5.74) is 5.40. The summed E-state index contributed by atoms with van der Waals surface area (Å²) in [6.07, 6.45) is 8.18. The zero-order valence-corrected chi connectivity index (χ0v) is 10.3. The van der Waals surface area contributed by atoms with Crippen LogP contribution in [0.25, 0.3) is 0 Å². The maximum absolute atomic E-state index is 8.37. The van der Waals surface area contributed by atoms with E-state index in [4.69, 9.17) is 10.9 Å². The third-order valence-electron chi connectivity index (χ3n) is 3.36. The van der Waals surface area contributed by atoms with E-state index in [1.54, 1.807) is 0 Å². The molecule has 94 valence electrons. The molecule has 1 saturated carbocycles. The van der Waals surface area contributed by atoms with E-state index in [0.29, 0.717) is 18.3 Å². The van der Waals surface area contributed by atoms with Crippen LogP contribution in [0.1, 0.15) is 51.9 Å². The monoisotopic (exact) mass is 227 g/mol. The van der Waals surface area contributed by atoms with E-state index in [2.05, 4.69) is 17.4 Å². The van der Waals surface area contributed by atoms with Gasteiger partial charge in [-0.2, -0.15) is 0 Å². The SMILES string of the molecule is CC1CCCC(NCCCCC(N)=NO)C1. The van der Waals surface area contributed by atoms with Crippen LogP contribution in [0.4, 0.5) is 0 Å². The number of nitrogens with one attached hydrogen (secondary N) is 1. The maximum atomic E-state index is 8.37. The second-order valence-corrected chi connectivity index (χ2v) is 4.97. The number of hydrogen-bond donors (Lipinski definition) is 3. The zero-order valence-electron chi connectivity index (χ0n) is 10.3. The van der Waals surface area contributed by atoms with Crippen molar-refractivity contribution in [3.05, 3.63) is 0 Å². The summed E-state index contributed by atoms with van der Waals surface area (Å²) >= 11 is 0. The number of amidine groups is 1. The standard InChI is InChI=1S/C12H25N3O/c1-10-5-4-6-11(9-10)14-8-3-2-7-12(13)15-16/h10-11,14,16H,2-9H2,1H3,(H2,13,15).